The smallest absolute Gasteiger partial charge is 0.265 e. The maximum absolute atomic E-state index is 12.1. The molecule has 0 aliphatic heterocycles. The Kier molecular flexibility index (Phi) is 4.30. The average molecular weight is 344 g/mol. The van der Waals surface area contributed by atoms with Crippen molar-refractivity contribution in [3.8, 4) is 11.1 Å². The maximum atomic E-state index is 12.1. The first-order valence-corrected chi connectivity index (χ1v) is 8.19. The zero-order valence-electron chi connectivity index (χ0n) is 13.9. The van der Waals surface area contributed by atoms with Crippen LogP contribution in [0, 0.1) is 0 Å². The maximum Gasteiger partial charge on any atom is 0.265 e. The Morgan fingerprint density at radius 3 is 2.38 bits per heavy atom. The summed E-state index contributed by atoms with van der Waals surface area (Å²) < 4.78 is 0. The third kappa shape index (κ3) is 3.39. The van der Waals surface area contributed by atoms with Crippen molar-refractivity contribution in [1.29, 1.82) is 0 Å². The lowest BCUT2D eigenvalue weighted by atomic mass is 10.1. The van der Waals surface area contributed by atoms with Crippen LogP contribution in [0.4, 0.5) is 5.69 Å². The van der Waals surface area contributed by atoms with Crippen LogP contribution in [0.5, 0.6) is 0 Å². The van der Waals surface area contributed by atoms with Gasteiger partial charge in [0.15, 0.2) is 6.61 Å². The summed E-state index contributed by atoms with van der Waals surface area (Å²) in [5.41, 5.74) is 4.36. The molecule has 0 fully saturated rings. The quantitative estimate of drug-likeness (QED) is 0.604. The number of carbonyl (C=O) groups is 1. The van der Waals surface area contributed by atoms with Gasteiger partial charge in [-0.2, -0.15) is 0 Å². The van der Waals surface area contributed by atoms with Gasteiger partial charge < -0.3 is 10.2 Å². The number of amides is 1. The Morgan fingerprint density at radius 1 is 0.885 bits per heavy atom. The van der Waals surface area contributed by atoms with Gasteiger partial charge in [0.05, 0.1) is 0 Å². The Morgan fingerprint density at radius 2 is 1.58 bits per heavy atom. The third-order valence-electron chi connectivity index (χ3n) is 3.92. The molecule has 6 heteroatoms. The van der Waals surface area contributed by atoms with Crippen molar-refractivity contribution < 1.29 is 9.63 Å². The van der Waals surface area contributed by atoms with Gasteiger partial charge in [0.1, 0.15) is 11.0 Å². The first-order chi connectivity index (χ1) is 12.8. The number of nitrogens with one attached hydrogen (secondary N) is 1. The van der Waals surface area contributed by atoms with Crippen LogP contribution in [0.2, 0.25) is 0 Å². The summed E-state index contributed by atoms with van der Waals surface area (Å²) in [4.78, 5) is 18.8. The normalized spacial score (nSPS) is 10.6. The summed E-state index contributed by atoms with van der Waals surface area (Å²) in [6.45, 7) is -0.159. The second kappa shape index (κ2) is 7.06. The first-order valence-electron chi connectivity index (χ1n) is 8.19. The van der Waals surface area contributed by atoms with Crippen LogP contribution < -0.4 is 10.2 Å². The van der Waals surface area contributed by atoms with Crippen molar-refractivity contribution in [3.63, 3.8) is 0 Å². The second-order valence-corrected chi connectivity index (χ2v) is 5.72. The highest BCUT2D eigenvalue weighted by Crippen LogP contribution is 2.20. The van der Waals surface area contributed by atoms with Gasteiger partial charge >= 0.3 is 0 Å². The summed E-state index contributed by atoms with van der Waals surface area (Å²) >= 11 is 0. The SMILES string of the molecule is O=C(COn1nnc2ccccc21)Nc1ccc(-c2ccccc2)cc1. The largest absolute Gasteiger partial charge is 0.385 e. The minimum Gasteiger partial charge on any atom is -0.385 e. The number of aromatic nitrogens is 3. The standard InChI is InChI=1S/C20H16N4O2/c25-20(14-26-24-19-9-5-4-8-18(19)22-23-24)21-17-12-10-16(11-13-17)15-6-2-1-3-7-15/h1-13H,14H2,(H,21,25). The molecule has 0 aliphatic carbocycles. The fraction of sp³-hybridized carbons (Fsp3) is 0.0500. The molecule has 128 valence electrons. The van der Waals surface area contributed by atoms with E-state index in [4.69, 9.17) is 4.84 Å². The molecule has 0 saturated carbocycles. The van der Waals surface area contributed by atoms with Gasteiger partial charge in [-0.25, -0.2) is 0 Å². The minimum absolute atomic E-state index is 0.159. The van der Waals surface area contributed by atoms with E-state index in [-0.39, 0.29) is 12.5 Å². The van der Waals surface area contributed by atoms with Crippen LogP contribution >= 0.6 is 0 Å². The molecule has 1 N–H and O–H groups in total. The van der Waals surface area contributed by atoms with Crippen molar-refractivity contribution >= 4 is 22.6 Å². The van der Waals surface area contributed by atoms with Crippen molar-refractivity contribution in [1.82, 2.24) is 15.2 Å². The fourth-order valence-corrected chi connectivity index (χ4v) is 2.64. The van der Waals surface area contributed by atoms with Crippen LogP contribution in [-0.2, 0) is 4.79 Å². The highest BCUT2D eigenvalue weighted by Gasteiger charge is 2.08. The highest BCUT2D eigenvalue weighted by molar-refractivity contribution is 5.92. The van der Waals surface area contributed by atoms with Crippen molar-refractivity contribution in [2.45, 2.75) is 0 Å². The van der Waals surface area contributed by atoms with E-state index >= 15 is 0 Å². The van der Waals surface area contributed by atoms with Crippen LogP contribution in [0.15, 0.2) is 78.9 Å². The molecule has 4 aromatic rings. The molecule has 4 rings (SSSR count). The molecule has 6 nitrogen and oxygen atoms in total. The Balaban J connectivity index is 1.37. The lowest BCUT2D eigenvalue weighted by Gasteiger charge is -2.08. The van der Waals surface area contributed by atoms with Crippen LogP contribution in [0.25, 0.3) is 22.2 Å². The number of anilines is 1. The zero-order valence-corrected chi connectivity index (χ0v) is 13.9. The van der Waals surface area contributed by atoms with Gasteiger partial charge in [0.25, 0.3) is 5.91 Å². The number of benzene rings is 3. The molecule has 26 heavy (non-hydrogen) atoms. The summed E-state index contributed by atoms with van der Waals surface area (Å²) in [6.07, 6.45) is 0. The van der Waals surface area contributed by atoms with E-state index in [9.17, 15) is 4.79 Å². The molecule has 1 aromatic heterocycles. The van der Waals surface area contributed by atoms with Crippen molar-refractivity contribution in [2.75, 3.05) is 11.9 Å². The molecule has 1 amide bonds. The van der Waals surface area contributed by atoms with Gasteiger partial charge in [-0.15, -0.1) is 5.10 Å². The lowest BCUT2D eigenvalue weighted by molar-refractivity contribution is -0.121. The zero-order chi connectivity index (χ0) is 17.8. The molecule has 0 saturated heterocycles. The summed E-state index contributed by atoms with van der Waals surface area (Å²) in [6, 6.07) is 25.1. The van der Waals surface area contributed by atoms with E-state index in [1.807, 2.05) is 78.9 Å². The number of fused-ring (bicyclic) bond motifs is 1. The van der Waals surface area contributed by atoms with E-state index in [0.29, 0.717) is 16.7 Å². The van der Waals surface area contributed by atoms with Gasteiger partial charge in [-0.3, -0.25) is 4.79 Å². The van der Waals surface area contributed by atoms with Gasteiger partial charge in [-0.1, -0.05) is 59.4 Å². The molecule has 0 radical (unpaired) electrons. The van der Waals surface area contributed by atoms with Crippen molar-refractivity contribution in [2.24, 2.45) is 0 Å². The molecule has 0 atom stereocenters. The predicted molar refractivity (Wildman–Crippen MR) is 99.5 cm³/mol. The molecule has 0 aliphatic rings. The second-order valence-electron chi connectivity index (χ2n) is 5.72. The Hall–Kier alpha value is -3.67. The number of hydrogen-bond acceptors (Lipinski definition) is 4. The summed E-state index contributed by atoms with van der Waals surface area (Å²) in [5, 5.41) is 10.7. The van der Waals surface area contributed by atoms with E-state index < -0.39 is 0 Å². The molecule has 3 aromatic carbocycles. The number of para-hydroxylation sites is 1. The molecular weight excluding hydrogens is 328 g/mol. The van der Waals surface area contributed by atoms with Gasteiger partial charge in [-0.05, 0) is 40.6 Å². The van der Waals surface area contributed by atoms with E-state index in [0.717, 1.165) is 11.1 Å². The third-order valence-corrected chi connectivity index (χ3v) is 3.92. The van der Waals surface area contributed by atoms with E-state index in [1.165, 1.54) is 4.85 Å². The molecule has 0 spiro atoms. The first kappa shape index (κ1) is 15.8. The van der Waals surface area contributed by atoms with E-state index in [1.54, 1.807) is 0 Å². The van der Waals surface area contributed by atoms with Gasteiger partial charge in [0, 0.05) is 5.69 Å². The number of nitrogens with zero attached hydrogens (tertiary/aromatic N) is 3. The number of rotatable bonds is 5. The minimum atomic E-state index is -0.267. The molecule has 1 heterocycles. The topological polar surface area (TPSA) is 69.0 Å². The number of carbonyl (C=O) groups excluding carboxylic acids is 1. The average Bonchev–Trinajstić information content (AvgIpc) is 3.11. The van der Waals surface area contributed by atoms with Crippen LogP contribution in [0.3, 0.4) is 0 Å². The summed E-state index contributed by atoms with van der Waals surface area (Å²) in [7, 11) is 0. The lowest BCUT2D eigenvalue weighted by Crippen LogP contribution is -2.26. The molecular formula is C20H16N4O2. The van der Waals surface area contributed by atoms with E-state index in [2.05, 4.69) is 15.6 Å². The summed E-state index contributed by atoms with van der Waals surface area (Å²) in [5.74, 6) is -0.267. The highest BCUT2D eigenvalue weighted by atomic mass is 16.7. The van der Waals surface area contributed by atoms with Crippen LogP contribution in [-0.4, -0.2) is 27.7 Å². The fourth-order valence-electron chi connectivity index (χ4n) is 2.64. The molecule has 0 bridgehead atoms. The predicted octanol–water partition coefficient (Wildman–Crippen LogP) is 3.17. The monoisotopic (exact) mass is 344 g/mol. The van der Waals surface area contributed by atoms with Crippen molar-refractivity contribution in [3.05, 3.63) is 78.9 Å². The Bertz CT molecular complexity index is 1030. The Labute approximate surface area is 150 Å². The number of hydrogen-bond donors (Lipinski definition) is 1. The molecule has 0 unspecified atom stereocenters. The van der Waals surface area contributed by atoms with Gasteiger partial charge in [0.2, 0.25) is 0 Å². The van der Waals surface area contributed by atoms with Crippen LogP contribution in [0.1, 0.15) is 0 Å².